The molecule has 0 saturated heterocycles. The molecular weight excluding hydrogens is 588 g/mol. The van der Waals surface area contributed by atoms with Gasteiger partial charge in [0.25, 0.3) is 5.56 Å². The molecule has 1 N–H and O–H groups in total. The molecule has 0 fully saturated rings. The van der Waals surface area contributed by atoms with Crippen molar-refractivity contribution in [2.24, 2.45) is 0 Å². The lowest BCUT2D eigenvalue weighted by Crippen LogP contribution is -2.40. The predicted molar refractivity (Wildman–Crippen MR) is 183 cm³/mol. The van der Waals surface area contributed by atoms with Gasteiger partial charge in [0.15, 0.2) is 17.0 Å². The molecule has 47 heavy (non-hydrogen) atoms. The number of para-hydroxylation sites is 1. The van der Waals surface area contributed by atoms with Gasteiger partial charge in [-0.3, -0.25) is 9.36 Å². The molecular formula is C37H34N8O2. The molecule has 3 heterocycles. The Bertz CT molecular complexity index is 2250. The number of tetrazole rings is 1. The summed E-state index contributed by atoms with van der Waals surface area (Å²) >= 11 is 0. The van der Waals surface area contributed by atoms with Crippen LogP contribution in [0.2, 0.25) is 0 Å². The number of fused-ring (bicyclic) bond motifs is 1. The first-order valence-electron chi connectivity index (χ1n) is 15.8. The molecule has 10 nitrogen and oxygen atoms in total. The zero-order valence-corrected chi connectivity index (χ0v) is 26.2. The molecule has 0 radical (unpaired) electrons. The van der Waals surface area contributed by atoms with E-state index in [-0.39, 0.29) is 11.6 Å². The van der Waals surface area contributed by atoms with E-state index in [0.717, 1.165) is 46.5 Å². The zero-order valence-electron chi connectivity index (χ0n) is 26.2. The van der Waals surface area contributed by atoms with E-state index in [1.165, 1.54) is 4.57 Å². The average Bonchev–Trinajstić information content (AvgIpc) is 3.78. The number of nitrogens with zero attached hydrogens (tertiary/aromatic N) is 7. The maximum absolute atomic E-state index is 14.4. The van der Waals surface area contributed by atoms with Gasteiger partial charge in [0.2, 0.25) is 0 Å². The first-order chi connectivity index (χ1) is 23.0. The van der Waals surface area contributed by atoms with E-state index in [0.29, 0.717) is 35.6 Å². The van der Waals surface area contributed by atoms with Crippen molar-refractivity contribution in [1.82, 2.24) is 39.3 Å². The average molecular weight is 623 g/mol. The van der Waals surface area contributed by atoms with Gasteiger partial charge < -0.3 is 4.57 Å². The van der Waals surface area contributed by atoms with Crippen molar-refractivity contribution >= 4 is 11.2 Å². The molecule has 7 aromatic rings. The molecule has 1 atom stereocenters. The highest BCUT2D eigenvalue weighted by molar-refractivity contribution is 5.80. The summed E-state index contributed by atoms with van der Waals surface area (Å²) < 4.78 is 4.95. The monoisotopic (exact) mass is 622 g/mol. The van der Waals surface area contributed by atoms with Crippen LogP contribution in [0, 0.1) is 0 Å². The van der Waals surface area contributed by atoms with Gasteiger partial charge in [0, 0.05) is 18.5 Å². The van der Waals surface area contributed by atoms with Crippen molar-refractivity contribution < 1.29 is 0 Å². The van der Waals surface area contributed by atoms with Crippen LogP contribution in [-0.4, -0.2) is 39.3 Å². The molecule has 234 valence electrons. The maximum Gasteiger partial charge on any atom is 0.337 e. The van der Waals surface area contributed by atoms with Crippen molar-refractivity contribution in [3.05, 3.63) is 147 Å². The quantitative estimate of drug-likeness (QED) is 0.194. The van der Waals surface area contributed by atoms with Gasteiger partial charge in [-0.15, -0.1) is 5.10 Å². The Hall–Kier alpha value is -5.90. The van der Waals surface area contributed by atoms with Crippen LogP contribution in [-0.2, 0) is 13.0 Å². The van der Waals surface area contributed by atoms with Gasteiger partial charge in [0.1, 0.15) is 5.82 Å². The van der Waals surface area contributed by atoms with Gasteiger partial charge in [-0.1, -0.05) is 110 Å². The number of benzene rings is 4. The molecule has 0 aliphatic carbocycles. The van der Waals surface area contributed by atoms with Crippen LogP contribution in [0.4, 0.5) is 0 Å². The van der Waals surface area contributed by atoms with E-state index in [9.17, 15) is 9.59 Å². The highest BCUT2D eigenvalue weighted by Crippen LogP contribution is 2.30. The van der Waals surface area contributed by atoms with E-state index in [4.69, 9.17) is 4.98 Å². The summed E-state index contributed by atoms with van der Waals surface area (Å²) in [4.78, 5) is 33.7. The fourth-order valence-electron chi connectivity index (χ4n) is 6.17. The minimum absolute atomic E-state index is 0.358. The summed E-state index contributed by atoms with van der Waals surface area (Å²) in [7, 11) is 0. The van der Waals surface area contributed by atoms with Gasteiger partial charge in [-0.05, 0) is 58.2 Å². The highest BCUT2D eigenvalue weighted by atomic mass is 16.2. The van der Waals surface area contributed by atoms with E-state index in [2.05, 4.69) is 51.8 Å². The fourth-order valence-corrected chi connectivity index (χ4v) is 6.17. The minimum atomic E-state index is -0.415. The highest BCUT2D eigenvalue weighted by Gasteiger charge is 2.25. The van der Waals surface area contributed by atoms with Crippen LogP contribution in [0.1, 0.15) is 49.7 Å². The smallest absolute Gasteiger partial charge is 0.318 e. The molecule has 1 unspecified atom stereocenters. The molecule has 0 bridgehead atoms. The Balaban J connectivity index is 1.39. The van der Waals surface area contributed by atoms with E-state index in [1.54, 1.807) is 16.7 Å². The molecule has 3 aromatic heterocycles. The van der Waals surface area contributed by atoms with E-state index < -0.39 is 5.69 Å². The third kappa shape index (κ3) is 5.58. The van der Waals surface area contributed by atoms with Crippen molar-refractivity contribution in [1.29, 1.82) is 0 Å². The number of imidazole rings is 1. The van der Waals surface area contributed by atoms with Crippen LogP contribution in [0.3, 0.4) is 0 Å². The second-order valence-corrected chi connectivity index (χ2v) is 11.6. The molecule has 4 aromatic carbocycles. The number of hydrogen-bond acceptors (Lipinski definition) is 6. The van der Waals surface area contributed by atoms with Crippen LogP contribution in [0.15, 0.2) is 119 Å². The summed E-state index contributed by atoms with van der Waals surface area (Å²) in [6.07, 6.45) is 2.56. The second-order valence-electron chi connectivity index (χ2n) is 11.6. The number of nitrogens with one attached hydrogen (secondary N) is 1. The number of aromatic amines is 1. The first kappa shape index (κ1) is 29.8. The third-order valence-electron chi connectivity index (χ3n) is 8.63. The lowest BCUT2D eigenvalue weighted by atomic mass is 9.98. The van der Waals surface area contributed by atoms with Crippen LogP contribution in [0.25, 0.3) is 39.4 Å². The Labute approximate surface area is 271 Å². The minimum Gasteiger partial charge on any atom is -0.318 e. The summed E-state index contributed by atoms with van der Waals surface area (Å²) in [6.45, 7) is 4.53. The Morgan fingerprint density at radius 2 is 1.49 bits per heavy atom. The Kier molecular flexibility index (Phi) is 8.14. The van der Waals surface area contributed by atoms with Crippen LogP contribution < -0.4 is 11.2 Å². The largest absolute Gasteiger partial charge is 0.337 e. The number of aromatic nitrogens is 8. The lowest BCUT2D eigenvalue weighted by molar-refractivity contribution is 0.596. The standard InChI is InChI=1S/C37H34N8O2/c1-3-4-19-32-38-35-33(36(46)45(29-15-9-6-10-16-29)37(47)44(35)25(2)27-13-7-5-8-14-27)43(32)24-26-20-22-28(23-21-26)30-17-11-12-18-31(30)34-39-41-42-40-34/h5-18,20-23,25H,3-4,19,24H2,1-2H3,(H,39,40,41,42). The van der Waals surface area contributed by atoms with Crippen LogP contribution >= 0.6 is 0 Å². The fraction of sp³-hybridized carbons (Fsp3) is 0.189. The van der Waals surface area contributed by atoms with E-state index >= 15 is 0 Å². The van der Waals surface area contributed by atoms with Gasteiger partial charge in [0.05, 0.1) is 11.7 Å². The predicted octanol–water partition coefficient (Wildman–Crippen LogP) is 6.20. The second kappa shape index (κ2) is 12.8. The molecule has 10 heteroatoms. The lowest BCUT2D eigenvalue weighted by Gasteiger charge is -2.19. The SMILES string of the molecule is CCCCc1nc2c(c(=O)n(-c3ccccc3)c(=O)n2C(C)c2ccccc2)n1Cc1ccc(-c2ccccc2-c2nnn[nH]2)cc1. The van der Waals surface area contributed by atoms with Crippen molar-refractivity contribution in [2.45, 2.75) is 45.7 Å². The zero-order chi connectivity index (χ0) is 32.3. The summed E-state index contributed by atoms with van der Waals surface area (Å²) in [5.41, 5.74) is 5.41. The number of H-pyrrole nitrogens is 1. The molecule has 7 rings (SSSR count). The van der Waals surface area contributed by atoms with Gasteiger partial charge in [-0.25, -0.2) is 19.4 Å². The summed E-state index contributed by atoms with van der Waals surface area (Å²) in [5.74, 6) is 1.38. The summed E-state index contributed by atoms with van der Waals surface area (Å²) in [5, 5.41) is 14.4. The van der Waals surface area contributed by atoms with Gasteiger partial charge in [-0.2, -0.15) is 0 Å². The van der Waals surface area contributed by atoms with Crippen LogP contribution in [0.5, 0.6) is 0 Å². The Morgan fingerprint density at radius 1 is 0.809 bits per heavy atom. The molecule has 0 aliphatic rings. The van der Waals surface area contributed by atoms with Crippen molar-refractivity contribution in [3.8, 4) is 28.2 Å². The van der Waals surface area contributed by atoms with Crippen molar-refractivity contribution in [2.75, 3.05) is 0 Å². The Morgan fingerprint density at radius 3 is 2.17 bits per heavy atom. The number of rotatable bonds is 10. The first-order valence-corrected chi connectivity index (χ1v) is 15.8. The normalized spacial score (nSPS) is 12.0. The molecule has 0 amide bonds. The molecule has 0 aliphatic heterocycles. The van der Waals surface area contributed by atoms with Gasteiger partial charge >= 0.3 is 5.69 Å². The third-order valence-corrected chi connectivity index (χ3v) is 8.63. The number of unbranched alkanes of at least 4 members (excludes halogenated alkanes) is 1. The number of hydrogen-bond donors (Lipinski definition) is 1. The topological polar surface area (TPSA) is 116 Å². The molecule has 0 spiro atoms. The van der Waals surface area contributed by atoms with E-state index in [1.807, 2.05) is 84.3 Å². The summed E-state index contributed by atoms with van der Waals surface area (Å²) in [6, 6.07) is 34.8. The molecule has 0 saturated carbocycles. The number of aryl methyl sites for hydroxylation is 1. The van der Waals surface area contributed by atoms with Crippen molar-refractivity contribution in [3.63, 3.8) is 0 Å². The maximum atomic E-state index is 14.4.